The average Bonchev–Trinajstić information content (AvgIpc) is 3.57. The number of epoxide rings is 1. The second-order valence-electron chi connectivity index (χ2n) is 11.7. The molecular formula is C29H37NO7Si. The molecule has 1 amide bonds. The number of hydrogen-bond acceptors (Lipinski definition) is 6. The number of methoxy groups -OCH3 is 2. The highest BCUT2D eigenvalue weighted by molar-refractivity contribution is 6.74. The summed E-state index contributed by atoms with van der Waals surface area (Å²) in [5, 5.41) is 22.3. The van der Waals surface area contributed by atoms with Crippen LogP contribution in [0.5, 0.6) is 5.75 Å². The van der Waals surface area contributed by atoms with E-state index >= 15 is 0 Å². The first-order chi connectivity index (χ1) is 17.7. The Morgan fingerprint density at radius 3 is 2.47 bits per heavy atom. The molecule has 1 aromatic rings. The smallest absolute Gasteiger partial charge is 0.413 e. The number of amides is 1. The van der Waals surface area contributed by atoms with Gasteiger partial charge in [-0.3, -0.25) is 4.90 Å². The van der Waals surface area contributed by atoms with Gasteiger partial charge >= 0.3 is 6.09 Å². The van der Waals surface area contributed by atoms with Crippen LogP contribution < -0.4 is 9.33 Å². The lowest BCUT2D eigenvalue weighted by Crippen LogP contribution is -2.67. The summed E-state index contributed by atoms with van der Waals surface area (Å²) in [5.74, 6) is 7.24. The van der Waals surface area contributed by atoms with E-state index in [2.05, 4.69) is 51.6 Å². The van der Waals surface area contributed by atoms with E-state index in [9.17, 15) is 15.0 Å². The molecule has 1 saturated heterocycles. The maximum Gasteiger partial charge on any atom is 0.413 e. The predicted octanol–water partition coefficient (Wildman–Crippen LogP) is 4.48. The largest absolute Gasteiger partial charge is 0.543 e. The standard InChI is InChI=1S/C29H37NO7Si/c1-10-11-12-13-14-23-28-19(2)18-27(34-6,35-7)24(31)29(28,37-28)21-17-20(36-38(8,9)26(3,4)5)15-16-22(21)30(23)25(32)33/h1,11-12,15-17,19,23-24,31H,18H2,2-9H3,(H,32,33)/b12-11-. The number of terminal acetylenes is 1. The minimum absolute atomic E-state index is 0.0547. The van der Waals surface area contributed by atoms with E-state index in [1.807, 2.05) is 6.92 Å². The number of aliphatic hydroxyl groups is 1. The van der Waals surface area contributed by atoms with Crippen molar-refractivity contribution in [3.63, 3.8) is 0 Å². The van der Waals surface area contributed by atoms with Crippen LogP contribution >= 0.6 is 0 Å². The van der Waals surface area contributed by atoms with Crippen LogP contribution in [0.1, 0.15) is 39.7 Å². The molecule has 1 saturated carbocycles. The van der Waals surface area contributed by atoms with Crippen molar-refractivity contribution in [2.45, 2.75) is 81.4 Å². The molecule has 204 valence electrons. The number of rotatable bonds is 4. The van der Waals surface area contributed by atoms with Crippen LogP contribution in [-0.2, 0) is 19.8 Å². The van der Waals surface area contributed by atoms with Crippen LogP contribution in [0.3, 0.4) is 0 Å². The summed E-state index contributed by atoms with van der Waals surface area (Å²) in [7, 11) is 0.741. The van der Waals surface area contributed by atoms with Crippen LogP contribution in [0.4, 0.5) is 10.5 Å². The second-order valence-corrected chi connectivity index (χ2v) is 16.5. The van der Waals surface area contributed by atoms with Crippen LogP contribution in [0, 0.1) is 30.1 Å². The topological polar surface area (TPSA) is 101 Å². The highest BCUT2D eigenvalue weighted by atomic mass is 28.4. The number of hydrogen-bond donors (Lipinski definition) is 2. The van der Waals surface area contributed by atoms with Gasteiger partial charge in [0.2, 0.25) is 8.32 Å². The highest BCUT2D eigenvalue weighted by Gasteiger charge is 2.88. The molecule has 38 heavy (non-hydrogen) atoms. The van der Waals surface area contributed by atoms with E-state index in [0.29, 0.717) is 17.0 Å². The van der Waals surface area contributed by atoms with Crippen molar-refractivity contribution < 1.29 is 33.6 Å². The number of aliphatic hydroxyl groups excluding tert-OH is 1. The van der Waals surface area contributed by atoms with Crippen molar-refractivity contribution in [1.29, 1.82) is 0 Å². The van der Waals surface area contributed by atoms with Crippen molar-refractivity contribution in [3.05, 3.63) is 35.9 Å². The molecule has 2 fully saturated rings. The van der Waals surface area contributed by atoms with E-state index in [4.69, 9.17) is 25.1 Å². The van der Waals surface area contributed by atoms with Gasteiger partial charge in [-0.05, 0) is 54.4 Å². The average molecular weight is 540 g/mol. The van der Waals surface area contributed by atoms with Crippen molar-refractivity contribution in [2.75, 3.05) is 19.1 Å². The fourth-order valence-electron chi connectivity index (χ4n) is 5.86. The van der Waals surface area contributed by atoms with Gasteiger partial charge in [0, 0.05) is 26.2 Å². The second kappa shape index (κ2) is 9.15. The zero-order valence-electron chi connectivity index (χ0n) is 23.3. The van der Waals surface area contributed by atoms with Crippen LogP contribution in [0.15, 0.2) is 30.4 Å². The SMILES string of the molecule is C#C/C=C\C#CC1N(C(=O)O)c2ccc(O[Si](C)(C)C(C)(C)C)cc2C23OC12C(C)CC(OC)(OC)C3O. The van der Waals surface area contributed by atoms with Gasteiger partial charge in [0.15, 0.2) is 11.4 Å². The Labute approximate surface area is 226 Å². The number of carboxylic acid groups (broad SMARTS) is 1. The van der Waals surface area contributed by atoms with Crippen molar-refractivity contribution >= 4 is 20.1 Å². The number of benzene rings is 1. The van der Waals surface area contributed by atoms with E-state index in [0.717, 1.165) is 0 Å². The summed E-state index contributed by atoms with van der Waals surface area (Å²) in [5.41, 5.74) is -1.61. The molecule has 2 heterocycles. The van der Waals surface area contributed by atoms with Gasteiger partial charge < -0.3 is 28.8 Å². The minimum atomic E-state index is -2.23. The number of anilines is 1. The Morgan fingerprint density at radius 1 is 1.26 bits per heavy atom. The summed E-state index contributed by atoms with van der Waals surface area (Å²) >= 11 is 0. The molecule has 2 aliphatic heterocycles. The Kier molecular flexibility index (Phi) is 6.80. The minimum Gasteiger partial charge on any atom is -0.543 e. The first-order valence-electron chi connectivity index (χ1n) is 12.7. The summed E-state index contributed by atoms with van der Waals surface area (Å²) in [6.07, 6.45) is 6.06. The molecule has 5 unspecified atom stereocenters. The maximum atomic E-state index is 12.7. The van der Waals surface area contributed by atoms with Crippen LogP contribution in [0.2, 0.25) is 18.1 Å². The fourth-order valence-corrected chi connectivity index (χ4v) is 6.88. The monoisotopic (exact) mass is 539 g/mol. The van der Waals surface area contributed by atoms with E-state index in [1.165, 1.54) is 31.3 Å². The van der Waals surface area contributed by atoms with Gasteiger partial charge in [0.25, 0.3) is 0 Å². The van der Waals surface area contributed by atoms with E-state index < -0.39 is 43.5 Å². The van der Waals surface area contributed by atoms with Gasteiger partial charge in [0.1, 0.15) is 23.5 Å². The lowest BCUT2D eigenvalue weighted by Gasteiger charge is -2.51. The molecular weight excluding hydrogens is 502 g/mol. The molecule has 0 radical (unpaired) electrons. The van der Waals surface area contributed by atoms with Crippen molar-refractivity contribution in [2.24, 2.45) is 5.92 Å². The van der Waals surface area contributed by atoms with Crippen LogP contribution in [0.25, 0.3) is 0 Å². The van der Waals surface area contributed by atoms with Gasteiger partial charge in [-0.15, -0.1) is 6.42 Å². The molecule has 0 aromatic heterocycles. The third kappa shape index (κ3) is 3.72. The Bertz CT molecular complexity index is 1260. The van der Waals surface area contributed by atoms with Crippen LogP contribution in [-0.4, -0.2) is 62.4 Å². The maximum absolute atomic E-state index is 12.7. The molecule has 0 bridgehead atoms. The van der Waals surface area contributed by atoms with Crippen molar-refractivity contribution in [1.82, 2.24) is 0 Å². The molecule has 1 aliphatic carbocycles. The van der Waals surface area contributed by atoms with Gasteiger partial charge in [-0.2, -0.15) is 0 Å². The zero-order chi connectivity index (χ0) is 28.3. The quantitative estimate of drug-likeness (QED) is 0.252. The third-order valence-electron chi connectivity index (χ3n) is 8.84. The van der Waals surface area contributed by atoms with E-state index in [-0.39, 0.29) is 17.4 Å². The third-order valence-corrected chi connectivity index (χ3v) is 13.2. The lowest BCUT2D eigenvalue weighted by atomic mass is 9.61. The Balaban J connectivity index is 1.98. The van der Waals surface area contributed by atoms with Gasteiger partial charge in [-0.25, -0.2) is 4.79 Å². The number of ether oxygens (including phenoxy) is 3. The molecule has 3 aliphatic rings. The fraction of sp³-hybridized carbons (Fsp3) is 0.552. The Hall–Kier alpha value is -2.79. The molecule has 9 heteroatoms. The number of carbonyl (C=O) groups is 1. The molecule has 0 spiro atoms. The molecule has 1 aromatic carbocycles. The number of allylic oxidation sites excluding steroid dienone is 2. The summed E-state index contributed by atoms with van der Waals surface area (Å²) in [4.78, 5) is 14.0. The Morgan fingerprint density at radius 2 is 1.92 bits per heavy atom. The van der Waals surface area contributed by atoms with Gasteiger partial charge in [-0.1, -0.05) is 45.5 Å². The first kappa shape index (κ1) is 28.2. The molecule has 8 nitrogen and oxygen atoms in total. The van der Waals surface area contributed by atoms with E-state index in [1.54, 1.807) is 18.2 Å². The number of nitrogens with zero attached hydrogens (tertiary/aromatic N) is 1. The molecule has 5 atom stereocenters. The van der Waals surface area contributed by atoms with Gasteiger partial charge in [0.05, 0.1) is 5.69 Å². The summed E-state index contributed by atoms with van der Waals surface area (Å²) in [6, 6.07) is 4.35. The normalized spacial score (nSPS) is 31.3. The lowest BCUT2D eigenvalue weighted by molar-refractivity contribution is -0.289. The first-order valence-corrected chi connectivity index (χ1v) is 15.6. The molecule has 2 N–H and O–H groups in total. The summed E-state index contributed by atoms with van der Waals surface area (Å²) < 4.78 is 24.7. The highest BCUT2D eigenvalue weighted by Crippen LogP contribution is 2.73. The zero-order valence-corrected chi connectivity index (χ0v) is 24.3. The predicted molar refractivity (Wildman–Crippen MR) is 146 cm³/mol. The molecule has 4 rings (SSSR count). The number of fused-ring (bicyclic) bond motifs is 1. The van der Waals surface area contributed by atoms with Crippen molar-refractivity contribution in [3.8, 4) is 29.9 Å². The summed E-state index contributed by atoms with van der Waals surface area (Å²) in [6.45, 7) is 12.7.